The molecule has 0 atom stereocenters. The Bertz CT molecular complexity index is 877. The standard InChI is InChI=1S/C22H30N2O3S/c1-4-5-6-14-23-22(25)17-24(16-20-9-7-8-19(3)15-20)28(26,27)21-12-10-18(2)11-13-21/h7-13,15H,4-6,14,16-17H2,1-3H3,(H,23,25). The van der Waals surface area contributed by atoms with Crippen LogP contribution in [0.3, 0.4) is 0 Å². The van der Waals surface area contributed by atoms with Crippen LogP contribution in [-0.4, -0.2) is 31.7 Å². The Hall–Kier alpha value is -2.18. The molecule has 0 aliphatic heterocycles. The summed E-state index contributed by atoms with van der Waals surface area (Å²) in [6.07, 6.45) is 3.00. The van der Waals surface area contributed by atoms with Gasteiger partial charge in [-0.1, -0.05) is 67.3 Å². The summed E-state index contributed by atoms with van der Waals surface area (Å²) < 4.78 is 27.6. The normalized spacial score (nSPS) is 11.6. The van der Waals surface area contributed by atoms with Gasteiger partial charge in [-0.2, -0.15) is 4.31 Å². The van der Waals surface area contributed by atoms with Gasteiger partial charge in [-0.05, 0) is 38.0 Å². The first-order chi connectivity index (χ1) is 13.3. The lowest BCUT2D eigenvalue weighted by atomic mass is 10.1. The minimum Gasteiger partial charge on any atom is -0.355 e. The second kappa shape index (κ2) is 10.4. The highest BCUT2D eigenvalue weighted by atomic mass is 32.2. The van der Waals surface area contributed by atoms with Crippen molar-refractivity contribution in [2.45, 2.75) is 51.5 Å². The van der Waals surface area contributed by atoms with Gasteiger partial charge in [-0.3, -0.25) is 4.79 Å². The van der Waals surface area contributed by atoms with Crippen molar-refractivity contribution in [1.29, 1.82) is 0 Å². The highest BCUT2D eigenvalue weighted by Crippen LogP contribution is 2.19. The number of nitrogens with one attached hydrogen (secondary N) is 1. The van der Waals surface area contributed by atoms with Crippen LogP contribution in [0.25, 0.3) is 0 Å². The Morgan fingerprint density at radius 3 is 2.36 bits per heavy atom. The molecule has 2 aromatic carbocycles. The molecule has 1 amide bonds. The van der Waals surface area contributed by atoms with Crippen molar-refractivity contribution in [3.63, 3.8) is 0 Å². The van der Waals surface area contributed by atoms with E-state index in [1.807, 2.05) is 38.1 Å². The number of hydrogen-bond donors (Lipinski definition) is 1. The zero-order chi connectivity index (χ0) is 20.6. The van der Waals surface area contributed by atoms with Crippen molar-refractivity contribution in [3.05, 3.63) is 65.2 Å². The van der Waals surface area contributed by atoms with E-state index in [2.05, 4.69) is 12.2 Å². The van der Waals surface area contributed by atoms with Gasteiger partial charge in [0.2, 0.25) is 15.9 Å². The third kappa shape index (κ3) is 6.46. The Balaban J connectivity index is 2.22. The number of nitrogens with zero attached hydrogens (tertiary/aromatic N) is 1. The smallest absolute Gasteiger partial charge is 0.243 e. The predicted octanol–water partition coefficient (Wildman–Crippen LogP) is 3.80. The molecular formula is C22H30N2O3S. The second-order valence-corrected chi connectivity index (χ2v) is 9.07. The summed E-state index contributed by atoms with van der Waals surface area (Å²) in [6.45, 7) is 6.49. The SMILES string of the molecule is CCCCCNC(=O)CN(Cc1cccc(C)c1)S(=O)(=O)c1ccc(C)cc1. The first-order valence-corrected chi connectivity index (χ1v) is 11.2. The molecule has 0 spiro atoms. The van der Waals surface area contributed by atoms with E-state index in [4.69, 9.17) is 0 Å². The summed E-state index contributed by atoms with van der Waals surface area (Å²) in [5, 5.41) is 2.83. The molecule has 0 aliphatic rings. The molecule has 0 saturated carbocycles. The number of hydrogen-bond acceptors (Lipinski definition) is 3. The summed E-state index contributed by atoms with van der Waals surface area (Å²) in [5.74, 6) is -0.278. The van der Waals surface area contributed by atoms with E-state index in [-0.39, 0.29) is 23.9 Å². The van der Waals surface area contributed by atoms with Crippen molar-refractivity contribution in [3.8, 4) is 0 Å². The molecule has 0 unspecified atom stereocenters. The van der Waals surface area contributed by atoms with Crippen LogP contribution in [0.4, 0.5) is 0 Å². The maximum Gasteiger partial charge on any atom is 0.243 e. The number of unbranched alkanes of at least 4 members (excludes halogenated alkanes) is 2. The fourth-order valence-corrected chi connectivity index (χ4v) is 4.30. The average Bonchev–Trinajstić information content (AvgIpc) is 2.65. The highest BCUT2D eigenvalue weighted by molar-refractivity contribution is 7.89. The lowest BCUT2D eigenvalue weighted by Gasteiger charge is -2.22. The highest BCUT2D eigenvalue weighted by Gasteiger charge is 2.26. The van der Waals surface area contributed by atoms with Gasteiger partial charge < -0.3 is 5.32 Å². The van der Waals surface area contributed by atoms with Crippen molar-refractivity contribution >= 4 is 15.9 Å². The zero-order valence-electron chi connectivity index (χ0n) is 16.9. The zero-order valence-corrected chi connectivity index (χ0v) is 17.8. The molecule has 0 saturated heterocycles. The molecule has 1 N–H and O–H groups in total. The number of benzene rings is 2. The molecule has 0 fully saturated rings. The lowest BCUT2D eigenvalue weighted by molar-refractivity contribution is -0.121. The summed E-state index contributed by atoms with van der Waals surface area (Å²) in [4.78, 5) is 12.6. The quantitative estimate of drug-likeness (QED) is 0.615. The van der Waals surface area contributed by atoms with Crippen molar-refractivity contribution in [2.75, 3.05) is 13.1 Å². The Morgan fingerprint density at radius 1 is 1.00 bits per heavy atom. The molecule has 0 bridgehead atoms. The van der Waals surface area contributed by atoms with Crippen LogP contribution < -0.4 is 5.32 Å². The van der Waals surface area contributed by atoms with Crippen molar-refractivity contribution < 1.29 is 13.2 Å². The van der Waals surface area contributed by atoms with Crippen LogP contribution in [0.15, 0.2) is 53.4 Å². The van der Waals surface area contributed by atoms with Gasteiger partial charge in [0.15, 0.2) is 0 Å². The van der Waals surface area contributed by atoms with E-state index >= 15 is 0 Å². The fourth-order valence-electron chi connectivity index (χ4n) is 2.92. The molecule has 6 heteroatoms. The summed E-state index contributed by atoms with van der Waals surface area (Å²) in [7, 11) is -3.79. The monoisotopic (exact) mass is 402 g/mol. The van der Waals surface area contributed by atoms with Gasteiger partial charge in [-0.25, -0.2) is 8.42 Å². The van der Waals surface area contributed by atoms with Crippen LogP contribution in [0.1, 0.15) is 42.9 Å². The van der Waals surface area contributed by atoms with Crippen LogP contribution >= 0.6 is 0 Å². The topological polar surface area (TPSA) is 66.5 Å². The maximum absolute atomic E-state index is 13.2. The fraction of sp³-hybridized carbons (Fsp3) is 0.409. The number of sulfonamides is 1. The van der Waals surface area contributed by atoms with Gasteiger partial charge in [0, 0.05) is 13.1 Å². The molecule has 28 heavy (non-hydrogen) atoms. The molecule has 2 aromatic rings. The molecule has 152 valence electrons. The minimum absolute atomic E-state index is 0.153. The molecule has 0 aliphatic carbocycles. The van der Waals surface area contributed by atoms with Gasteiger partial charge in [0.25, 0.3) is 0 Å². The minimum atomic E-state index is -3.79. The van der Waals surface area contributed by atoms with E-state index in [0.29, 0.717) is 6.54 Å². The van der Waals surface area contributed by atoms with Crippen molar-refractivity contribution in [2.24, 2.45) is 0 Å². The van der Waals surface area contributed by atoms with Crippen LogP contribution in [0, 0.1) is 13.8 Å². The number of rotatable bonds is 10. The first-order valence-electron chi connectivity index (χ1n) is 9.72. The predicted molar refractivity (Wildman–Crippen MR) is 112 cm³/mol. The molecule has 2 rings (SSSR count). The average molecular weight is 403 g/mol. The van der Waals surface area contributed by atoms with Crippen LogP contribution in [0.5, 0.6) is 0 Å². The molecule has 0 heterocycles. The van der Waals surface area contributed by atoms with E-state index in [1.54, 1.807) is 24.3 Å². The van der Waals surface area contributed by atoms with Gasteiger partial charge in [-0.15, -0.1) is 0 Å². The second-order valence-electron chi connectivity index (χ2n) is 7.13. The lowest BCUT2D eigenvalue weighted by Crippen LogP contribution is -2.40. The number of carbonyl (C=O) groups excluding carboxylic acids is 1. The summed E-state index contributed by atoms with van der Waals surface area (Å²) >= 11 is 0. The van der Waals surface area contributed by atoms with E-state index in [0.717, 1.165) is 36.0 Å². The number of amides is 1. The summed E-state index contributed by atoms with van der Waals surface area (Å²) in [6, 6.07) is 14.4. The van der Waals surface area contributed by atoms with Crippen LogP contribution in [-0.2, 0) is 21.4 Å². The van der Waals surface area contributed by atoms with E-state index in [9.17, 15) is 13.2 Å². The third-order valence-electron chi connectivity index (χ3n) is 4.52. The maximum atomic E-state index is 13.2. The van der Waals surface area contributed by atoms with Gasteiger partial charge in [0.1, 0.15) is 0 Å². The van der Waals surface area contributed by atoms with E-state index in [1.165, 1.54) is 4.31 Å². The van der Waals surface area contributed by atoms with Crippen molar-refractivity contribution in [1.82, 2.24) is 9.62 Å². The Labute approximate surface area is 168 Å². The van der Waals surface area contributed by atoms with Gasteiger partial charge in [0.05, 0.1) is 11.4 Å². The Morgan fingerprint density at radius 2 is 1.71 bits per heavy atom. The third-order valence-corrected chi connectivity index (χ3v) is 6.33. The largest absolute Gasteiger partial charge is 0.355 e. The molecule has 5 nitrogen and oxygen atoms in total. The van der Waals surface area contributed by atoms with E-state index < -0.39 is 10.0 Å². The molecule has 0 aromatic heterocycles. The molecular weight excluding hydrogens is 372 g/mol. The van der Waals surface area contributed by atoms with Gasteiger partial charge >= 0.3 is 0 Å². The summed E-state index contributed by atoms with van der Waals surface area (Å²) in [5.41, 5.74) is 2.89. The Kier molecular flexibility index (Phi) is 8.20. The number of aryl methyl sites for hydroxylation is 2. The number of carbonyl (C=O) groups is 1. The van der Waals surface area contributed by atoms with Crippen LogP contribution in [0.2, 0.25) is 0 Å². The molecule has 0 radical (unpaired) electrons. The first kappa shape index (κ1) is 22.1.